The van der Waals surface area contributed by atoms with Gasteiger partial charge in [0.05, 0.1) is 0 Å². The molecule has 2 N–H and O–H groups in total. The Morgan fingerprint density at radius 3 is 2.63 bits per heavy atom. The van der Waals surface area contributed by atoms with Crippen LogP contribution in [0.2, 0.25) is 5.02 Å². The van der Waals surface area contributed by atoms with Gasteiger partial charge in [0, 0.05) is 30.1 Å². The molecule has 0 saturated heterocycles. The molecule has 30 heavy (non-hydrogen) atoms. The van der Waals surface area contributed by atoms with Crippen molar-refractivity contribution in [2.75, 3.05) is 19.7 Å². The average molecular weight is 425 g/mol. The average Bonchev–Trinajstić information content (AvgIpc) is 3.22. The van der Waals surface area contributed by atoms with Crippen molar-refractivity contribution in [3.8, 4) is 29.5 Å². The van der Waals surface area contributed by atoms with Gasteiger partial charge in [-0.15, -0.1) is 6.42 Å². The first-order valence-corrected chi connectivity index (χ1v) is 9.77. The van der Waals surface area contributed by atoms with Gasteiger partial charge in [0.2, 0.25) is 11.7 Å². The number of carbonyl (C=O) groups is 1. The van der Waals surface area contributed by atoms with E-state index in [1.807, 2.05) is 36.4 Å². The molecule has 0 aliphatic rings. The molecule has 0 fully saturated rings. The fraction of sp³-hybridized carbons (Fsp3) is 0.227. The number of hydrogen-bond acceptors (Lipinski definition) is 5. The van der Waals surface area contributed by atoms with Crippen molar-refractivity contribution in [1.29, 1.82) is 0 Å². The summed E-state index contributed by atoms with van der Waals surface area (Å²) < 4.78 is 10.5. The van der Waals surface area contributed by atoms with Crippen LogP contribution < -0.4 is 15.4 Å². The minimum Gasteiger partial charge on any atom is -0.481 e. The summed E-state index contributed by atoms with van der Waals surface area (Å²) in [5.41, 5.74) is 1.86. The van der Waals surface area contributed by atoms with Gasteiger partial charge in [0.1, 0.15) is 12.4 Å². The Morgan fingerprint density at radius 2 is 1.90 bits per heavy atom. The molecule has 8 heteroatoms. The molecule has 0 atom stereocenters. The number of ether oxygens (including phenoxy) is 1. The molecule has 0 saturated carbocycles. The summed E-state index contributed by atoms with van der Waals surface area (Å²) in [7, 11) is 0. The maximum Gasteiger partial charge on any atom is 0.314 e. The lowest BCUT2D eigenvalue weighted by Crippen LogP contribution is -2.37. The summed E-state index contributed by atoms with van der Waals surface area (Å²) in [6.45, 7) is 1.13. The number of nitrogens with zero attached hydrogens (tertiary/aromatic N) is 2. The predicted octanol–water partition coefficient (Wildman–Crippen LogP) is 3.49. The molecule has 0 bridgehead atoms. The van der Waals surface area contributed by atoms with E-state index < -0.39 is 0 Å². The Morgan fingerprint density at radius 1 is 1.13 bits per heavy atom. The fourth-order valence-corrected chi connectivity index (χ4v) is 2.83. The standard InChI is InChI=1S/C22H21ClN4O3/c1-2-14-29-19-8-6-16(7-9-19)10-12-24-22(28)25-13-11-20-26-21(27-30-20)17-4-3-5-18(23)15-17/h1,3-9,15H,10-14H2,(H2,24,25,28). The molecule has 7 nitrogen and oxygen atoms in total. The lowest BCUT2D eigenvalue weighted by Gasteiger charge is -2.07. The zero-order valence-electron chi connectivity index (χ0n) is 16.2. The molecule has 1 aromatic heterocycles. The highest BCUT2D eigenvalue weighted by Crippen LogP contribution is 2.19. The largest absolute Gasteiger partial charge is 0.481 e. The number of urea groups is 1. The highest BCUT2D eigenvalue weighted by atomic mass is 35.5. The zero-order chi connectivity index (χ0) is 21.2. The van der Waals surface area contributed by atoms with Gasteiger partial charge in [0.15, 0.2) is 0 Å². The lowest BCUT2D eigenvalue weighted by atomic mass is 10.1. The molecule has 2 aromatic carbocycles. The van der Waals surface area contributed by atoms with E-state index in [1.54, 1.807) is 12.1 Å². The van der Waals surface area contributed by atoms with Crippen LogP contribution in [0, 0.1) is 12.3 Å². The van der Waals surface area contributed by atoms with Gasteiger partial charge >= 0.3 is 6.03 Å². The molecular weight excluding hydrogens is 404 g/mol. The Bertz CT molecular complexity index is 1010. The van der Waals surface area contributed by atoms with Crippen molar-refractivity contribution in [3.05, 3.63) is 65.0 Å². The Kier molecular flexibility index (Phi) is 7.70. The van der Waals surface area contributed by atoms with Crippen molar-refractivity contribution in [2.45, 2.75) is 12.8 Å². The second-order valence-corrected chi connectivity index (χ2v) is 6.78. The van der Waals surface area contributed by atoms with E-state index in [-0.39, 0.29) is 12.6 Å². The summed E-state index contributed by atoms with van der Waals surface area (Å²) >= 11 is 5.97. The number of rotatable bonds is 9. The van der Waals surface area contributed by atoms with Crippen LogP contribution in [0.5, 0.6) is 5.75 Å². The van der Waals surface area contributed by atoms with Gasteiger partial charge in [-0.05, 0) is 36.2 Å². The first-order chi connectivity index (χ1) is 14.6. The van der Waals surface area contributed by atoms with E-state index in [2.05, 4.69) is 26.7 Å². The van der Waals surface area contributed by atoms with Crippen LogP contribution in [0.15, 0.2) is 53.1 Å². The van der Waals surface area contributed by atoms with E-state index in [9.17, 15) is 4.79 Å². The van der Waals surface area contributed by atoms with Gasteiger partial charge in [-0.3, -0.25) is 0 Å². The van der Waals surface area contributed by atoms with E-state index in [4.69, 9.17) is 27.3 Å². The summed E-state index contributed by atoms with van der Waals surface area (Å²) in [6.07, 6.45) is 6.30. The highest BCUT2D eigenvalue weighted by Gasteiger charge is 2.09. The number of amides is 2. The van der Waals surface area contributed by atoms with Crippen molar-refractivity contribution in [3.63, 3.8) is 0 Å². The van der Waals surface area contributed by atoms with Crippen LogP contribution in [0.25, 0.3) is 11.4 Å². The molecule has 2 amide bonds. The second-order valence-electron chi connectivity index (χ2n) is 6.34. The lowest BCUT2D eigenvalue weighted by molar-refractivity contribution is 0.240. The van der Waals surface area contributed by atoms with Crippen molar-refractivity contribution in [2.24, 2.45) is 0 Å². The quantitative estimate of drug-likeness (QED) is 0.513. The van der Waals surface area contributed by atoms with Crippen LogP contribution in [0.1, 0.15) is 11.5 Å². The number of aromatic nitrogens is 2. The van der Waals surface area contributed by atoms with Crippen LogP contribution in [0.3, 0.4) is 0 Å². The Labute approximate surface area is 179 Å². The maximum atomic E-state index is 11.9. The molecule has 0 spiro atoms. The first kappa shape index (κ1) is 21.2. The molecule has 0 unspecified atom stereocenters. The molecular formula is C22H21ClN4O3. The molecule has 1 heterocycles. The molecule has 0 aliphatic carbocycles. The third kappa shape index (κ3) is 6.54. The first-order valence-electron chi connectivity index (χ1n) is 9.39. The van der Waals surface area contributed by atoms with Gasteiger partial charge in [-0.1, -0.05) is 46.9 Å². The zero-order valence-corrected chi connectivity index (χ0v) is 17.0. The fourth-order valence-electron chi connectivity index (χ4n) is 2.64. The van der Waals surface area contributed by atoms with Gasteiger partial charge < -0.3 is 19.9 Å². The van der Waals surface area contributed by atoms with E-state index in [1.165, 1.54) is 0 Å². The van der Waals surface area contributed by atoms with E-state index in [0.29, 0.717) is 42.7 Å². The second kappa shape index (κ2) is 10.9. The number of terminal acetylenes is 1. The number of hydrogen-bond donors (Lipinski definition) is 2. The van der Waals surface area contributed by atoms with Crippen molar-refractivity contribution < 1.29 is 14.1 Å². The minimum atomic E-state index is -0.251. The van der Waals surface area contributed by atoms with Crippen LogP contribution in [0.4, 0.5) is 4.79 Å². The van der Waals surface area contributed by atoms with Crippen LogP contribution in [-0.2, 0) is 12.8 Å². The molecule has 0 aliphatic heterocycles. The van der Waals surface area contributed by atoms with E-state index >= 15 is 0 Å². The molecule has 0 radical (unpaired) electrons. The normalized spacial score (nSPS) is 10.3. The summed E-state index contributed by atoms with van der Waals surface area (Å²) in [5, 5.41) is 10.1. The number of halogens is 1. The van der Waals surface area contributed by atoms with Crippen LogP contribution >= 0.6 is 11.6 Å². The number of carbonyl (C=O) groups excluding carboxylic acids is 1. The van der Waals surface area contributed by atoms with Gasteiger partial charge in [-0.2, -0.15) is 4.98 Å². The predicted molar refractivity (Wildman–Crippen MR) is 114 cm³/mol. The smallest absolute Gasteiger partial charge is 0.314 e. The number of nitrogens with one attached hydrogen (secondary N) is 2. The minimum absolute atomic E-state index is 0.243. The van der Waals surface area contributed by atoms with Gasteiger partial charge in [0.25, 0.3) is 0 Å². The molecule has 3 aromatic rings. The van der Waals surface area contributed by atoms with Crippen molar-refractivity contribution >= 4 is 17.6 Å². The van der Waals surface area contributed by atoms with E-state index in [0.717, 1.165) is 16.9 Å². The number of benzene rings is 2. The summed E-state index contributed by atoms with van der Waals surface area (Å²) in [5.74, 6) is 4.05. The third-order valence-corrected chi connectivity index (χ3v) is 4.36. The maximum absolute atomic E-state index is 11.9. The van der Waals surface area contributed by atoms with Crippen molar-refractivity contribution in [1.82, 2.24) is 20.8 Å². The Hall–Kier alpha value is -3.50. The third-order valence-electron chi connectivity index (χ3n) is 4.12. The van der Waals surface area contributed by atoms with Crippen LogP contribution in [-0.4, -0.2) is 35.9 Å². The topological polar surface area (TPSA) is 89.3 Å². The Balaban J connectivity index is 1.35. The molecule has 154 valence electrons. The summed E-state index contributed by atoms with van der Waals surface area (Å²) in [6, 6.07) is 14.6. The highest BCUT2D eigenvalue weighted by molar-refractivity contribution is 6.30. The SMILES string of the molecule is C#CCOc1ccc(CCNC(=O)NCCc2nc(-c3cccc(Cl)c3)no2)cc1. The monoisotopic (exact) mass is 424 g/mol. The van der Waals surface area contributed by atoms with Gasteiger partial charge in [-0.25, -0.2) is 4.79 Å². The molecule has 3 rings (SSSR count). The summed E-state index contributed by atoms with van der Waals surface area (Å²) in [4.78, 5) is 16.2.